The molecule has 2 aromatic rings. The highest BCUT2D eigenvalue weighted by Crippen LogP contribution is 2.30. The third kappa shape index (κ3) is 4.61. The van der Waals surface area contributed by atoms with Crippen molar-refractivity contribution in [1.29, 1.82) is 0 Å². The van der Waals surface area contributed by atoms with Crippen LogP contribution in [0.3, 0.4) is 0 Å². The van der Waals surface area contributed by atoms with Gasteiger partial charge in [0.25, 0.3) is 5.91 Å². The van der Waals surface area contributed by atoms with Gasteiger partial charge < -0.3 is 20.2 Å². The molecule has 1 atom stereocenters. The third-order valence-corrected chi connectivity index (χ3v) is 3.72. The van der Waals surface area contributed by atoms with Gasteiger partial charge in [0.05, 0.1) is 24.8 Å². The van der Waals surface area contributed by atoms with Crippen LogP contribution in [0.2, 0.25) is 0 Å². The zero-order valence-corrected chi connectivity index (χ0v) is 14.5. The second-order valence-corrected chi connectivity index (χ2v) is 6.13. The normalized spacial score (nSPS) is 12.2. The van der Waals surface area contributed by atoms with Gasteiger partial charge in [-0.05, 0) is 31.4 Å². The molecular weight excluding hydrogens is 304 g/mol. The van der Waals surface area contributed by atoms with Crippen molar-refractivity contribution in [3.63, 3.8) is 0 Å². The maximum atomic E-state index is 12.6. The lowest BCUT2D eigenvalue weighted by atomic mass is 9.96. The van der Waals surface area contributed by atoms with E-state index in [9.17, 15) is 4.79 Å². The number of rotatable bonds is 8. The van der Waals surface area contributed by atoms with E-state index in [1.54, 1.807) is 6.07 Å². The first-order valence-electron chi connectivity index (χ1n) is 8.35. The molecule has 0 spiro atoms. The summed E-state index contributed by atoms with van der Waals surface area (Å²) in [6.07, 6.45) is 2.26. The smallest absolute Gasteiger partial charge is 0.255 e. The maximum Gasteiger partial charge on any atom is 0.255 e. The largest absolute Gasteiger partial charge is 0.494 e. The summed E-state index contributed by atoms with van der Waals surface area (Å²) in [5, 5.41) is 3.10. The van der Waals surface area contributed by atoms with Gasteiger partial charge in [0.15, 0.2) is 0 Å². The van der Waals surface area contributed by atoms with E-state index in [0.29, 0.717) is 23.8 Å². The first-order valence-corrected chi connectivity index (χ1v) is 8.35. The summed E-state index contributed by atoms with van der Waals surface area (Å²) in [5.41, 5.74) is 7.01. The number of nitrogens with one attached hydrogen (secondary N) is 1. The molecule has 0 bridgehead atoms. The number of furan rings is 1. The molecule has 0 aliphatic carbocycles. The lowest BCUT2D eigenvalue weighted by Gasteiger charge is -2.23. The highest BCUT2D eigenvalue weighted by atomic mass is 16.5. The van der Waals surface area contributed by atoms with Crippen molar-refractivity contribution in [3.05, 3.63) is 53.5 Å². The lowest BCUT2D eigenvalue weighted by Crippen LogP contribution is -2.29. The summed E-state index contributed by atoms with van der Waals surface area (Å²) in [4.78, 5) is 12.6. The highest BCUT2D eigenvalue weighted by molar-refractivity contribution is 5.94. The van der Waals surface area contributed by atoms with Gasteiger partial charge in [-0.25, -0.2) is 0 Å². The van der Waals surface area contributed by atoms with Crippen molar-refractivity contribution in [3.8, 4) is 5.75 Å². The molecule has 1 aromatic carbocycles. The van der Waals surface area contributed by atoms with E-state index in [2.05, 4.69) is 19.2 Å². The molecule has 0 aliphatic heterocycles. The minimum atomic E-state index is -0.171. The standard InChI is InChI=1S/C19H26N2O3/c1-4-23-18-8-6-5-7-16(18)17(9-13(2)3)21-19(22)14-10-15(11-20)24-12-14/h5-8,10,12-13,17H,4,9,11,20H2,1-3H3,(H,21,22). The molecule has 130 valence electrons. The first kappa shape index (κ1) is 18.1. The number of nitrogens with two attached hydrogens (primary N) is 1. The van der Waals surface area contributed by atoms with E-state index in [1.165, 1.54) is 6.26 Å². The number of benzene rings is 1. The van der Waals surface area contributed by atoms with Gasteiger partial charge in [0.2, 0.25) is 0 Å². The second kappa shape index (κ2) is 8.55. The second-order valence-electron chi connectivity index (χ2n) is 6.13. The Morgan fingerprint density at radius 3 is 2.71 bits per heavy atom. The average molecular weight is 330 g/mol. The summed E-state index contributed by atoms with van der Waals surface area (Å²) < 4.78 is 11.0. The van der Waals surface area contributed by atoms with Crippen LogP contribution in [0.4, 0.5) is 0 Å². The molecule has 0 fully saturated rings. The molecule has 24 heavy (non-hydrogen) atoms. The van der Waals surface area contributed by atoms with Crippen LogP contribution in [0.15, 0.2) is 41.0 Å². The fourth-order valence-corrected chi connectivity index (χ4v) is 2.64. The monoisotopic (exact) mass is 330 g/mol. The van der Waals surface area contributed by atoms with E-state index < -0.39 is 0 Å². The van der Waals surface area contributed by atoms with Crippen LogP contribution in [-0.4, -0.2) is 12.5 Å². The summed E-state index contributed by atoms with van der Waals surface area (Å²) in [6.45, 7) is 7.07. The Hall–Kier alpha value is -2.27. The Morgan fingerprint density at radius 1 is 1.33 bits per heavy atom. The average Bonchev–Trinajstić information content (AvgIpc) is 3.04. The minimum absolute atomic E-state index is 0.128. The minimum Gasteiger partial charge on any atom is -0.494 e. The zero-order chi connectivity index (χ0) is 17.5. The van der Waals surface area contributed by atoms with Gasteiger partial charge in [-0.15, -0.1) is 0 Å². The quantitative estimate of drug-likeness (QED) is 0.774. The van der Waals surface area contributed by atoms with E-state index in [1.807, 2.05) is 31.2 Å². The first-order chi connectivity index (χ1) is 11.5. The van der Waals surface area contributed by atoms with Crippen molar-refractivity contribution < 1.29 is 13.9 Å². The SMILES string of the molecule is CCOc1ccccc1C(CC(C)C)NC(=O)c1coc(CN)c1. The molecule has 3 N–H and O–H groups in total. The van der Waals surface area contributed by atoms with E-state index >= 15 is 0 Å². The summed E-state index contributed by atoms with van der Waals surface area (Å²) in [7, 11) is 0. The molecule has 1 heterocycles. The van der Waals surface area contributed by atoms with Crippen LogP contribution in [0.5, 0.6) is 5.75 Å². The van der Waals surface area contributed by atoms with E-state index in [-0.39, 0.29) is 18.5 Å². The fourth-order valence-electron chi connectivity index (χ4n) is 2.64. The molecule has 2 rings (SSSR count). The molecule has 0 saturated carbocycles. The van der Waals surface area contributed by atoms with Crippen molar-refractivity contribution in [2.75, 3.05) is 6.61 Å². The summed E-state index contributed by atoms with van der Waals surface area (Å²) in [6, 6.07) is 9.38. The summed E-state index contributed by atoms with van der Waals surface area (Å²) in [5.74, 6) is 1.65. The predicted octanol–water partition coefficient (Wildman–Crippen LogP) is 3.65. The van der Waals surface area contributed by atoms with E-state index in [4.69, 9.17) is 14.9 Å². The maximum absolute atomic E-state index is 12.6. The molecule has 0 saturated heterocycles. The molecule has 1 amide bonds. The van der Waals surface area contributed by atoms with Crippen LogP contribution in [-0.2, 0) is 6.54 Å². The topological polar surface area (TPSA) is 77.5 Å². The van der Waals surface area contributed by atoms with Crippen LogP contribution < -0.4 is 15.8 Å². The van der Waals surface area contributed by atoms with Crippen molar-refractivity contribution in [2.45, 2.75) is 39.8 Å². The van der Waals surface area contributed by atoms with E-state index in [0.717, 1.165) is 17.7 Å². The Balaban J connectivity index is 2.23. The van der Waals surface area contributed by atoms with Crippen molar-refractivity contribution in [1.82, 2.24) is 5.32 Å². The molecule has 1 aromatic heterocycles. The van der Waals surface area contributed by atoms with Crippen LogP contribution in [0.1, 0.15) is 54.9 Å². The van der Waals surface area contributed by atoms with Gasteiger partial charge >= 0.3 is 0 Å². The predicted molar refractivity (Wildman–Crippen MR) is 93.9 cm³/mol. The van der Waals surface area contributed by atoms with Gasteiger partial charge in [-0.3, -0.25) is 4.79 Å². The number of ether oxygens (including phenoxy) is 1. The molecule has 5 heteroatoms. The number of hydrogen-bond donors (Lipinski definition) is 2. The Kier molecular flexibility index (Phi) is 6.44. The van der Waals surface area contributed by atoms with Crippen LogP contribution in [0.25, 0.3) is 0 Å². The van der Waals surface area contributed by atoms with Gasteiger partial charge in [0, 0.05) is 5.56 Å². The van der Waals surface area contributed by atoms with Crippen molar-refractivity contribution >= 4 is 5.91 Å². The molecular formula is C19H26N2O3. The number of carbonyl (C=O) groups is 1. The van der Waals surface area contributed by atoms with Crippen LogP contribution in [0, 0.1) is 5.92 Å². The highest BCUT2D eigenvalue weighted by Gasteiger charge is 2.21. The van der Waals surface area contributed by atoms with Crippen LogP contribution >= 0.6 is 0 Å². The van der Waals surface area contributed by atoms with Gasteiger partial charge in [0.1, 0.15) is 17.8 Å². The fraction of sp³-hybridized carbons (Fsp3) is 0.421. The van der Waals surface area contributed by atoms with Crippen molar-refractivity contribution in [2.24, 2.45) is 11.7 Å². The number of hydrogen-bond acceptors (Lipinski definition) is 4. The zero-order valence-electron chi connectivity index (χ0n) is 14.5. The third-order valence-electron chi connectivity index (χ3n) is 3.72. The molecule has 0 radical (unpaired) electrons. The number of amides is 1. The number of carbonyl (C=O) groups excluding carboxylic acids is 1. The van der Waals surface area contributed by atoms with Gasteiger partial charge in [-0.1, -0.05) is 32.0 Å². The molecule has 5 nitrogen and oxygen atoms in total. The number of para-hydroxylation sites is 1. The Morgan fingerprint density at radius 2 is 2.08 bits per heavy atom. The summed E-state index contributed by atoms with van der Waals surface area (Å²) >= 11 is 0. The lowest BCUT2D eigenvalue weighted by molar-refractivity contribution is 0.0930. The Labute approximate surface area is 143 Å². The Bertz CT molecular complexity index is 664. The molecule has 0 aliphatic rings. The molecule has 1 unspecified atom stereocenters. The van der Waals surface area contributed by atoms with Gasteiger partial charge in [-0.2, -0.15) is 0 Å².